The van der Waals surface area contributed by atoms with Crippen molar-refractivity contribution in [2.24, 2.45) is 5.73 Å². The van der Waals surface area contributed by atoms with Gasteiger partial charge in [0.2, 0.25) is 5.88 Å². The van der Waals surface area contributed by atoms with E-state index in [1.165, 1.54) is 0 Å². The molecule has 4 aromatic rings. The van der Waals surface area contributed by atoms with Gasteiger partial charge in [0, 0.05) is 10.9 Å². The van der Waals surface area contributed by atoms with Crippen LogP contribution in [-0.4, -0.2) is 7.11 Å². The molecule has 5 rings (SSSR count). The molecule has 0 aromatic heterocycles. The van der Waals surface area contributed by atoms with Crippen LogP contribution in [0.5, 0.6) is 17.2 Å². The van der Waals surface area contributed by atoms with E-state index in [1.54, 1.807) is 7.11 Å². The zero-order valence-electron chi connectivity index (χ0n) is 18.1. The number of nitrogens with zero attached hydrogens (tertiary/aromatic N) is 1. The molecule has 0 radical (unpaired) electrons. The maximum Gasteiger partial charge on any atom is 0.205 e. The molecule has 0 spiro atoms. The van der Waals surface area contributed by atoms with Crippen molar-refractivity contribution in [2.75, 3.05) is 7.11 Å². The van der Waals surface area contributed by atoms with E-state index in [9.17, 15) is 5.26 Å². The first-order valence-electron chi connectivity index (χ1n) is 10.6. The second kappa shape index (κ2) is 8.60. The van der Waals surface area contributed by atoms with Crippen LogP contribution >= 0.6 is 0 Å². The molecule has 162 valence electrons. The molecule has 0 fully saturated rings. The Kier molecular flexibility index (Phi) is 5.34. The van der Waals surface area contributed by atoms with E-state index in [4.69, 9.17) is 19.9 Å². The van der Waals surface area contributed by atoms with Crippen molar-refractivity contribution in [3.05, 3.63) is 113 Å². The van der Waals surface area contributed by atoms with Crippen molar-refractivity contribution in [1.82, 2.24) is 0 Å². The summed E-state index contributed by atoms with van der Waals surface area (Å²) in [6, 6.07) is 29.9. The van der Waals surface area contributed by atoms with Gasteiger partial charge in [-0.3, -0.25) is 0 Å². The van der Waals surface area contributed by atoms with E-state index in [0.717, 1.165) is 27.5 Å². The van der Waals surface area contributed by atoms with Gasteiger partial charge in [-0.2, -0.15) is 5.26 Å². The second-order valence-corrected chi connectivity index (χ2v) is 7.81. The van der Waals surface area contributed by atoms with Gasteiger partial charge in [-0.15, -0.1) is 0 Å². The zero-order valence-corrected chi connectivity index (χ0v) is 18.1. The number of allylic oxidation sites excluding steroid dienone is 1. The van der Waals surface area contributed by atoms with Crippen molar-refractivity contribution in [2.45, 2.75) is 12.5 Å². The van der Waals surface area contributed by atoms with E-state index in [0.29, 0.717) is 29.4 Å². The Morgan fingerprint density at radius 3 is 2.52 bits per heavy atom. The zero-order chi connectivity index (χ0) is 22.8. The average molecular weight is 434 g/mol. The number of hydrogen-bond donors (Lipinski definition) is 1. The number of methoxy groups -OCH3 is 1. The topological polar surface area (TPSA) is 77.5 Å². The number of nitriles is 1. The molecule has 0 saturated heterocycles. The molecule has 4 aromatic carbocycles. The fraction of sp³-hybridized carbons (Fsp3) is 0.107. The molecule has 0 unspecified atom stereocenters. The van der Waals surface area contributed by atoms with Crippen LogP contribution < -0.4 is 19.9 Å². The van der Waals surface area contributed by atoms with Crippen LogP contribution in [0.3, 0.4) is 0 Å². The van der Waals surface area contributed by atoms with E-state index in [1.807, 2.05) is 84.9 Å². The van der Waals surface area contributed by atoms with Crippen LogP contribution in [0, 0.1) is 11.3 Å². The highest BCUT2D eigenvalue weighted by molar-refractivity contribution is 5.91. The van der Waals surface area contributed by atoms with E-state index in [-0.39, 0.29) is 11.8 Å². The Morgan fingerprint density at radius 2 is 1.73 bits per heavy atom. The predicted molar refractivity (Wildman–Crippen MR) is 127 cm³/mol. The molecule has 33 heavy (non-hydrogen) atoms. The summed E-state index contributed by atoms with van der Waals surface area (Å²) in [6.07, 6.45) is 0. The lowest BCUT2D eigenvalue weighted by Crippen LogP contribution is -2.21. The summed E-state index contributed by atoms with van der Waals surface area (Å²) < 4.78 is 17.6. The van der Waals surface area contributed by atoms with Crippen molar-refractivity contribution in [3.63, 3.8) is 0 Å². The quantitative estimate of drug-likeness (QED) is 0.439. The average Bonchev–Trinajstić information content (AvgIpc) is 2.87. The van der Waals surface area contributed by atoms with E-state index >= 15 is 0 Å². The minimum Gasteiger partial charge on any atom is -0.493 e. The summed E-state index contributed by atoms with van der Waals surface area (Å²) in [5.41, 5.74) is 9.42. The molecule has 2 N–H and O–H groups in total. The Labute approximate surface area is 192 Å². The molecule has 0 bridgehead atoms. The molecule has 0 amide bonds. The van der Waals surface area contributed by atoms with Crippen LogP contribution in [0.4, 0.5) is 0 Å². The highest BCUT2D eigenvalue weighted by atomic mass is 16.5. The first kappa shape index (κ1) is 20.5. The fourth-order valence-electron chi connectivity index (χ4n) is 4.25. The summed E-state index contributed by atoms with van der Waals surface area (Å²) in [5, 5.41) is 11.9. The van der Waals surface area contributed by atoms with Gasteiger partial charge in [-0.25, -0.2) is 0 Å². The Hall–Kier alpha value is -4.43. The monoisotopic (exact) mass is 434 g/mol. The van der Waals surface area contributed by atoms with Gasteiger partial charge in [0.25, 0.3) is 0 Å². The van der Waals surface area contributed by atoms with Crippen LogP contribution in [0.2, 0.25) is 0 Å². The lowest BCUT2D eigenvalue weighted by atomic mass is 9.82. The Morgan fingerprint density at radius 1 is 0.939 bits per heavy atom. The molecule has 1 aliphatic rings. The number of benzene rings is 4. The first-order valence-corrected chi connectivity index (χ1v) is 10.6. The SMILES string of the molecule is COc1cc([C@@H]2C(C#N)=C(N)Oc3c2ccc2ccccc32)ccc1OCc1ccccc1. The van der Waals surface area contributed by atoms with E-state index in [2.05, 4.69) is 6.07 Å². The van der Waals surface area contributed by atoms with Crippen molar-refractivity contribution < 1.29 is 14.2 Å². The molecule has 1 atom stereocenters. The van der Waals surface area contributed by atoms with Crippen LogP contribution in [-0.2, 0) is 6.61 Å². The van der Waals surface area contributed by atoms with Crippen LogP contribution in [0.15, 0.2) is 96.4 Å². The van der Waals surface area contributed by atoms with Gasteiger partial charge < -0.3 is 19.9 Å². The molecule has 5 nitrogen and oxygen atoms in total. The van der Waals surface area contributed by atoms with E-state index < -0.39 is 0 Å². The largest absolute Gasteiger partial charge is 0.493 e. The van der Waals surface area contributed by atoms with Crippen LogP contribution in [0.25, 0.3) is 10.8 Å². The lowest BCUT2D eigenvalue weighted by molar-refractivity contribution is 0.284. The molecule has 5 heteroatoms. The second-order valence-electron chi connectivity index (χ2n) is 7.81. The number of hydrogen-bond acceptors (Lipinski definition) is 5. The maximum atomic E-state index is 9.90. The third-order valence-corrected chi connectivity index (χ3v) is 5.87. The highest BCUT2D eigenvalue weighted by Crippen LogP contribution is 2.46. The number of nitrogens with two attached hydrogens (primary N) is 1. The number of rotatable bonds is 5. The third-order valence-electron chi connectivity index (χ3n) is 5.87. The third kappa shape index (κ3) is 3.72. The van der Waals surface area contributed by atoms with Crippen molar-refractivity contribution in [1.29, 1.82) is 5.26 Å². The minimum absolute atomic E-state index is 0.120. The molecule has 1 aliphatic heterocycles. The summed E-state index contributed by atoms with van der Waals surface area (Å²) >= 11 is 0. The van der Waals surface area contributed by atoms with Gasteiger partial charge >= 0.3 is 0 Å². The summed E-state index contributed by atoms with van der Waals surface area (Å²) in [5.74, 6) is 1.65. The standard InChI is InChI=1S/C28H22N2O3/c1-31-25-15-20(12-14-24(25)32-17-18-7-3-2-4-8-18)26-22-13-11-19-9-5-6-10-21(19)27(22)33-28(30)23(26)16-29/h2-15,26H,17,30H2,1H3/t26-/m0/s1. The molecular weight excluding hydrogens is 412 g/mol. The van der Waals surface area contributed by atoms with Gasteiger partial charge in [0.05, 0.1) is 13.0 Å². The molecule has 1 heterocycles. The smallest absolute Gasteiger partial charge is 0.205 e. The predicted octanol–water partition coefficient (Wildman–Crippen LogP) is 5.65. The van der Waals surface area contributed by atoms with Gasteiger partial charge in [0.1, 0.15) is 24.0 Å². The minimum atomic E-state index is -0.375. The molecule has 0 aliphatic carbocycles. The normalized spacial score (nSPS) is 14.8. The number of fused-ring (bicyclic) bond motifs is 3. The summed E-state index contributed by atoms with van der Waals surface area (Å²) in [6.45, 7) is 0.429. The Bertz CT molecular complexity index is 1400. The summed E-state index contributed by atoms with van der Waals surface area (Å²) in [4.78, 5) is 0. The fourth-order valence-corrected chi connectivity index (χ4v) is 4.25. The lowest BCUT2D eigenvalue weighted by Gasteiger charge is -2.28. The number of ether oxygens (including phenoxy) is 3. The molecular formula is C28H22N2O3. The summed E-state index contributed by atoms with van der Waals surface area (Å²) in [7, 11) is 1.61. The van der Waals surface area contributed by atoms with Gasteiger partial charge in [-0.05, 0) is 28.6 Å². The van der Waals surface area contributed by atoms with Crippen molar-refractivity contribution >= 4 is 10.8 Å². The van der Waals surface area contributed by atoms with Gasteiger partial charge in [-0.1, -0.05) is 72.8 Å². The maximum absolute atomic E-state index is 9.90. The Balaban J connectivity index is 1.56. The highest BCUT2D eigenvalue weighted by Gasteiger charge is 2.32. The van der Waals surface area contributed by atoms with Crippen LogP contribution in [0.1, 0.15) is 22.6 Å². The first-order chi connectivity index (χ1) is 16.2. The molecule has 0 saturated carbocycles. The van der Waals surface area contributed by atoms with Gasteiger partial charge in [0.15, 0.2) is 11.5 Å². The van der Waals surface area contributed by atoms with Crippen molar-refractivity contribution in [3.8, 4) is 23.3 Å².